The van der Waals surface area contributed by atoms with Gasteiger partial charge in [0.15, 0.2) is 5.17 Å². The number of nitrogens with one attached hydrogen (secondary N) is 1. The molecule has 7 heteroatoms. The fourth-order valence-electron chi connectivity index (χ4n) is 2.74. The van der Waals surface area contributed by atoms with Crippen molar-refractivity contribution in [3.8, 4) is 11.3 Å². The van der Waals surface area contributed by atoms with Gasteiger partial charge in [-0.05, 0) is 48.4 Å². The second kappa shape index (κ2) is 8.46. The minimum Gasteiger partial charge on any atom is -0.455 e. The number of benzene rings is 2. The van der Waals surface area contributed by atoms with Gasteiger partial charge in [-0.25, -0.2) is 0 Å². The molecule has 1 aromatic heterocycles. The van der Waals surface area contributed by atoms with Gasteiger partial charge in [0.1, 0.15) is 11.5 Å². The molecule has 1 N–H and O–H groups in total. The summed E-state index contributed by atoms with van der Waals surface area (Å²) in [5.74, 6) is 1.24. The highest BCUT2D eigenvalue weighted by molar-refractivity contribution is 8.15. The summed E-state index contributed by atoms with van der Waals surface area (Å²) in [6.45, 7) is 0. The Kier molecular flexibility index (Phi) is 5.60. The fourth-order valence-corrected chi connectivity index (χ4v) is 3.84. The van der Waals surface area contributed by atoms with Crippen molar-refractivity contribution in [2.45, 2.75) is 11.7 Å². The van der Waals surface area contributed by atoms with E-state index in [1.807, 2.05) is 66.7 Å². The molecule has 5 nitrogen and oxygen atoms in total. The first-order valence-electron chi connectivity index (χ1n) is 8.65. The van der Waals surface area contributed by atoms with E-state index in [1.54, 1.807) is 0 Å². The van der Waals surface area contributed by atoms with Crippen LogP contribution in [0.25, 0.3) is 11.3 Å². The number of nitrogens with zero attached hydrogens (tertiary/aromatic N) is 2. The van der Waals surface area contributed by atoms with Crippen molar-refractivity contribution in [2.75, 3.05) is 0 Å². The average Bonchev–Trinajstić information content (AvgIpc) is 3.30. The zero-order chi connectivity index (χ0) is 19.3. The molecule has 1 saturated heterocycles. The van der Waals surface area contributed by atoms with Gasteiger partial charge in [0.25, 0.3) is 0 Å². The monoisotopic (exact) mass is 409 g/mol. The Bertz CT molecular complexity index is 1030. The first-order chi connectivity index (χ1) is 13.7. The van der Waals surface area contributed by atoms with Crippen molar-refractivity contribution in [2.24, 2.45) is 10.2 Å². The van der Waals surface area contributed by atoms with Crippen molar-refractivity contribution in [1.82, 2.24) is 5.32 Å². The molecular weight excluding hydrogens is 394 g/mol. The number of carbonyl (C=O) groups excluding carboxylic acids is 1. The molecule has 1 amide bonds. The Balaban J connectivity index is 1.38. The molecule has 3 aromatic rings. The second-order valence-electron chi connectivity index (χ2n) is 6.14. The molecule has 1 aliphatic heterocycles. The summed E-state index contributed by atoms with van der Waals surface area (Å²) < 4.78 is 5.74. The summed E-state index contributed by atoms with van der Waals surface area (Å²) in [4.78, 5) is 12.1. The maximum absolute atomic E-state index is 12.1. The van der Waals surface area contributed by atoms with Crippen LogP contribution >= 0.6 is 23.4 Å². The van der Waals surface area contributed by atoms with Gasteiger partial charge in [0, 0.05) is 10.6 Å². The average molecular weight is 410 g/mol. The van der Waals surface area contributed by atoms with E-state index < -0.39 is 0 Å². The Morgan fingerprint density at radius 3 is 2.64 bits per heavy atom. The Hall–Kier alpha value is -2.83. The summed E-state index contributed by atoms with van der Waals surface area (Å²) in [5.41, 5.74) is 2.04. The molecule has 28 heavy (non-hydrogen) atoms. The Labute approximate surface area is 171 Å². The third kappa shape index (κ3) is 4.52. The number of hydrogen-bond acceptors (Lipinski definition) is 5. The van der Waals surface area contributed by atoms with Gasteiger partial charge in [0.2, 0.25) is 5.91 Å². The number of rotatable bonds is 5. The third-order valence-electron chi connectivity index (χ3n) is 4.13. The van der Waals surface area contributed by atoms with Gasteiger partial charge < -0.3 is 9.73 Å². The molecule has 2 heterocycles. The van der Waals surface area contributed by atoms with Gasteiger partial charge in [-0.1, -0.05) is 53.7 Å². The van der Waals surface area contributed by atoms with Crippen LogP contribution in [0.5, 0.6) is 0 Å². The largest absolute Gasteiger partial charge is 0.455 e. The minimum absolute atomic E-state index is 0.0502. The Morgan fingerprint density at radius 2 is 1.86 bits per heavy atom. The number of hydrogen-bond donors (Lipinski definition) is 1. The number of carbonyl (C=O) groups is 1. The van der Waals surface area contributed by atoms with Crippen molar-refractivity contribution in [1.29, 1.82) is 0 Å². The summed E-state index contributed by atoms with van der Waals surface area (Å²) >= 11 is 7.29. The fraction of sp³-hybridized carbons (Fsp3) is 0.0952. The Morgan fingerprint density at radius 1 is 1.07 bits per heavy atom. The summed E-state index contributed by atoms with van der Waals surface area (Å²) in [7, 11) is 0. The van der Waals surface area contributed by atoms with Crippen molar-refractivity contribution >= 4 is 40.7 Å². The SMILES string of the molecule is O=C1NC(=N/N=C/c2ccc(-c3ccc(Cl)cc3)o2)SC1Cc1ccccc1. The van der Waals surface area contributed by atoms with Gasteiger partial charge in [-0.15, -0.1) is 5.10 Å². The van der Waals surface area contributed by atoms with Crippen LogP contribution in [-0.2, 0) is 11.2 Å². The quantitative estimate of drug-likeness (QED) is 0.487. The van der Waals surface area contributed by atoms with Crippen LogP contribution in [0.15, 0.2) is 81.4 Å². The van der Waals surface area contributed by atoms with E-state index >= 15 is 0 Å². The molecule has 0 aliphatic carbocycles. The summed E-state index contributed by atoms with van der Waals surface area (Å²) in [6, 6.07) is 21.0. The third-order valence-corrected chi connectivity index (χ3v) is 5.45. The lowest BCUT2D eigenvalue weighted by molar-refractivity contribution is -0.118. The van der Waals surface area contributed by atoms with Crippen LogP contribution < -0.4 is 5.32 Å². The molecular formula is C21H16ClN3O2S. The molecule has 0 radical (unpaired) electrons. The normalized spacial score (nSPS) is 18.1. The maximum Gasteiger partial charge on any atom is 0.239 e. The summed E-state index contributed by atoms with van der Waals surface area (Å²) in [5, 5.41) is 11.9. The van der Waals surface area contributed by atoms with Crippen molar-refractivity contribution in [3.63, 3.8) is 0 Å². The highest BCUT2D eigenvalue weighted by atomic mass is 35.5. The molecule has 1 unspecified atom stereocenters. The number of furan rings is 1. The zero-order valence-electron chi connectivity index (χ0n) is 14.7. The molecule has 1 fully saturated rings. The number of thioether (sulfide) groups is 1. The number of amides is 1. The molecule has 1 aliphatic rings. The van der Waals surface area contributed by atoms with E-state index in [0.717, 1.165) is 16.9 Å². The minimum atomic E-state index is -0.198. The van der Waals surface area contributed by atoms with Crippen LogP contribution in [0.2, 0.25) is 5.02 Å². The van der Waals surface area contributed by atoms with Gasteiger partial charge >= 0.3 is 0 Å². The van der Waals surface area contributed by atoms with Crippen molar-refractivity contribution < 1.29 is 9.21 Å². The van der Waals surface area contributed by atoms with Crippen LogP contribution in [0.4, 0.5) is 0 Å². The van der Waals surface area contributed by atoms with Gasteiger partial charge in [-0.3, -0.25) is 4.79 Å². The molecule has 2 aromatic carbocycles. The molecule has 0 spiro atoms. The van der Waals surface area contributed by atoms with E-state index in [4.69, 9.17) is 16.0 Å². The lowest BCUT2D eigenvalue weighted by Gasteiger charge is -2.04. The zero-order valence-corrected chi connectivity index (χ0v) is 16.3. The van der Waals surface area contributed by atoms with E-state index in [0.29, 0.717) is 22.4 Å². The number of halogens is 1. The highest BCUT2D eigenvalue weighted by Crippen LogP contribution is 2.24. The molecule has 4 rings (SSSR count). The van der Waals surface area contributed by atoms with E-state index in [1.165, 1.54) is 18.0 Å². The second-order valence-corrected chi connectivity index (χ2v) is 7.77. The van der Waals surface area contributed by atoms with Crippen LogP contribution in [0, 0.1) is 0 Å². The van der Waals surface area contributed by atoms with E-state index in [-0.39, 0.29) is 11.2 Å². The topological polar surface area (TPSA) is 67.0 Å². The predicted octanol–water partition coefficient (Wildman–Crippen LogP) is 4.76. The highest BCUT2D eigenvalue weighted by Gasteiger charge is 2.30. The summed E-state index contributed by atoms with van der Waals surface area (Å²) in [6.07, 6.45) is 2.17. The molecule has 1 atom stereocenters. The maximum atomic E-state index is 12.1. The lowest BCUT2D eigenvalue weighted by atomic mass is 10.1. The van der Waals surface area contributed by atoms with E-state index in [9.17, 15) is 4.79 Å². The molecule has 0 saturated carbocycles. The smallest absolute Gasteiger partial charge is 0.239 e. The van der Waals surface area contributed by atoms with Crippen LogP contribution in [0.1, 0.15) is 11.3 Å². The van der Waals surface area contributed by atoms with Crippen LogP contribution in [0.3, 0.4) is 0 Å². The van der Waals surface area contributed by atoms with E-state index in [2.05, 4.69) is 15.5 Å². The lowest BCUT2D eigenvalue weighted by Crippen LogP contribution is -2.25. The molecule has 140 valence electrons. The number of amidine groups is 1. The van der Waals surface area contributed by atoms with Gasteiger partial charge in [0.05, 0.1) is 11.5 Å². The van der Waals surface area contributed by atoms with Gasteiger partial charge in [-0.2, -0.15) is 5.10 Å². The first-order valence-corrected chi connectivity index (χ1v) is 9.91. The first kappa shape index (κ1) is 18.5. The standard InChI is InChI=1S/C21H16ClN3O2S/c22-16-8-6-15(7-9-16)18-11-10-17(27-18)13-23-25-21-24-20(26)19(28-21)12-14-4-2-1-3-5-14/h1-11,13,19H,12H2,(H,24,25,26)/b23-13+. The molecule has 0 bridgehead atoms. The van der Waals surface area contributed by atoms with Crippen LogP contribution in [-0.4, -0.2) is 22.5 Å². The van der Waals surface area contributed by atoms with Crippen molar-refractivity contribution in [3.05, 3.63) is 83.1 Å². The predicted molar refractivity (Wildman–Crippen MR) is 114 cm³/mol.